The van der Waals surface area contributed by atoms with Crippen molar-refractivity contribution in [1.29, 1.82) is 0 Å². The van der Waals surface area contributed by atoms with E-state index in [1.165, 1.54) is 32.3 Å². The summed E-state index contributed by atoms with van der Waals surface area (Å²) >= 11 is 0. The van der Waals surface area contributed by atoms with Gasteiger partial charge in [0.1, 0.15) is 23.0 Å². The number of ether oxygens (including phenoxy) is 4. The van der Waals surface area contributed by atoms with Gasteiger partial charge in [0, 0.05) is 12.3 Å². The predicted octanol–water partition coefficient (Wildman–Crippen LogP) is 6.99. The van der Waals surface area contributed by atoms with E-state index in [9.17, 15) is 0 Å². The second-order valence-corrected chi connectivity index (χ2v) is 14.2. The van der Waals surface area contributed by atoms with E-state index >= 15 is 0 Å². The van der Waals surface area contributed by atoms with Gasteiger partial charge in [0.15, 0.2) is 0 Å². The van der Waals surface area contributed by atoms with Crippen molar-refractivity contribution in [2.45, 2.75) is 12.3 Å². The summed E-state index contributed by atoms with van der Waals surface area (Å²) in [5.41, 5.74) is 2.68. The van der Waals surface area contributed by atoms with Gasteiger partial charge in [0.05, 0.1) is 28.4 Å². The second-order valence-electron chi connectivity index (χ2n) is 9.78. The minimum absolute atomic E-state index is 0.627. The van der Waals surface area contributed by atoms with Crippen LogP contribution in [-0.2, 0) is 12.3 Å². The number of hydrogen-bond donors (Lipinski definition) is 0. The first-order valence-corrected chi connectivity index (χ1v) is 16.8. The molecule has 0 fully saturated rings. The summed E-state index contributed by atoms with van der Waals surface area (Å²) in [6.07, 6.45) is 1.90. The van der Waals surface area contributed by atoms with Gasteiger partial charge in [-0.05, 0) is 96.7 Å². The van der Waals surface area contributed by atoms with E-state index < -0.39 is 15.8 Å². The Hall–Kier alpha value is -3.84. The maximum absolute atomic E-state index is 5.43. The Labute approximate surface area is 251 Å². The highest BCUT2D eigenvalue weighted by Gasteiger charge is 2.18. The van der Waals surface area contributed by atoms with Crippen LogP contribution in [0.2, 0.25) is 0 Å². The third kappa shape index (κ3) is 7.32. The zero-order chi connectivity index (χ0) is 29.3. The SMILES string of the molecule is COc1ccc(P(Cc2cccc(CP(c3ccc(OC)cc3)c3ccc(OC)cc3)c2)c2ccc(OC)cc2)cc1. The van der Waals surface area contributed by atoms with Crippen LogP contribution in [-0.4, -0.2) is 28.4 Å². The van der Waals surface area contributed by atoms with Crippen LogP contribution in [0.5, 0.6) is 23.0 Å². The lowest BCUT2D eigenvalue weighted by molar-refractivity contribution is 0.415. The zero-order valence-electron chi connectivity index (χ0n) is 24.5. The van der Waals surface area contributed by atoms with Gasteiger partial charge in [-0.2, -0.15) is 0 Å². The van der Waals surface area contributed by atoms with Gasteiger partial charge in [0.25, 0.3) is 0 Å². The lowest BCUT2D eigenvalue weighted by atomic mass is 10.2. The molecule has 5 rings (SSSR count). The molecule has 0 N–H and O–H groups in total. The molecule has 0 aromatic heterocycles. The molecular weight excluding hydrogens is 558 g/mol. The van der Waals surface area contributed by atoms with Crippen molar-refractivity contribution in [3.63, 3.8) is 0 Å². The molecule has 0 bridgehead atoms. The molecule has 0 saturated carbocycles. The molecule has 0 spiro atoms. The van der Waals surface area contributed by atoms with Crippen molar-refractivity contribution < 1.29 is 18.9 Å². The van der Waals surface area contributed by atoms with Gasteiger partial charge in [-0.15, -0.1) is 0 Å². The Morgan fingerprint density at radius 3 is 0.881 bits per heavy atom. The summed E-state index contributed by atoms with van der Waals surface area (Å²) in [5.74, 6) is 3.48. The van der Waals surface area contributed by atoms with Gasteiger partial charge in [0.2, 0.25) is 0 Å². The monoisotopic (exact) mass is 594 g/mol. The Bertz CT molecular complexity index is 1340. The Morgan fingerprint density at radius 1 is 0.381 bits per heavy atom. The fraction of sp³-hybridized carbons (Fsp3) is 0.167. The molecule has 5 aromatic rings. The average Bonchev–Trinajstić information content (AvgIpc) is 3.06. The summed E-state index contributed by atoms with van der Waals surface area (Å²) in [4.78, 5) is 0. The van der Waals surface area contributed by atoms with Crippen LogP contribution >= 0.6 is 15.8 Å². The first-order chi connectivity index (χ1) is 20.6. The standard InChI is InChI=1S/C36H36O4P2/c1-37-29-8-16-33(17-9-29)41(34-18-10-30(38-2)11-19-34)25-27-6-5-7-28(24-27)26-42(35-20-12-31(39-3)13-21-35)36-22-14-32(40-4)15-23-36/h5-24H,25-26H2,1-4H3. The molecule has 42 heavy (non-hydrogen) atoms. The van der Waals surface area contributed by atoms with Crippen molar-refractivity contribution in [2.24, 2.45) is 0 Å². The van der Waals surface area contributed by atoms with Gasteiger partial charge in [-0.25, -0.2) is 0 Å². The Morgan fingerprint density at radius 2 is 0.643 bits per heavy atom. The number of rotatable bonds is 12. The predicted molar refractivity (Wildman–Crippen MR) is 178 cm³/mol. The normalized spacial score (nSPS) is 11.0. The van der Waals surface area contributed by atoms with Gasteiger partial charge in [-0.3, -0.25) is 0 Å². The van der Waals surface area contributed by atoms with E-state index in [1.54, 1.807) is 28.4 Å². The Balaban J connectivity index is 1.45. The van der Waals surface area contributed by atoms with Crippen LogP contribution in [0.4, 0.5) is 0 Å². The van der Waals surface area contributed by atoms with Crippen LogP contribution in [0.25, 0.3) is 0 Å². The van der Waals surface area contributed by atoms with Crippen LogP contribution in [0.1, 0.15) is 11.1 Å². The van der Waals surface area contributed by atoms with E-state index in [1.807, 2.05) is 0 Å². The molecule has 5 aromatic carbocycles. The molecule has 0 unspecified atom stereocenters. The average molecular weight is 595 g/mol. The fourth-order valence-electron chi connectivity index (χ4n) is 4.90. The quantitative estimate of drug-likeness (QED) is 0.146. The topological polar surface area (TPSA) is 36.9 Å². The Kier molecular flexibility index (Phi) is 10.1. The first-order valence-electron chi connectivity index (χ1n) is 13.8. The molecule has 214 valence electrons. The molecule has 0 amide bonds. The van der Waals surface area contributed by atoms with E-state index in [2.05, 4.69) is 121 Å². The lowest BCUT2D eigenvalue weighted by Crippen LogP contribution is -2.14. The van der Waals surface area contributed by atoms with Crippen molar-refractivity contribution >= 4 is 37.1 Å². The maximum atomic E-state index is 5.43. The van der Waals surface area contributed by atoms with Crippen LogP contribution in [0, 0.1) is 0 Å². The van der Waals surface area contributed by atoms with Crippen molar-refractivity contribution in [2.75, 3.05) is 28.4 Å². The third-order valence-electron chi connectivity index (χ3n) is 7.21. The summed E-state index contributed by atoms with van der Waals surface area (Å²) in [7, 11) is 5.58. The van der Waals surface area contributed by atoms with Gasteiger partial charge < -0.3 is 18.9 Å². The van der Waals surface area contributed by atoms with Crippen molar-refractivity contribution in [3.8, 4) is 23.0 Å². The molecule has 4 nitrogen and oxygen atoms in total. The van der Waals surface area contributed by atoms with E-state index in [4.69, 9.17) is 18.9 Å². The fourth-order valence-corrected chi connectivity index (χ4v) is 9.39. The van der Waals surface area contributed by atoms with E-state index in [0.29, 0.717) is 0 Å². The summed E-state index contributed by atoms with van der Waals surface area (Å²) in [6, 6.07) is 43.2. The number of methoxy groups -OCH3 is 4. The number of hydrogen-bond acceptors (Lipinski definition) is 4. The summed E-state index contributed by atoms with van der Waals surface area (Å²) < 4.78 is 21.7. The van der Waals surface area contributed by atoms with Crippen LogP contribution in [0.3, 0.4) is 0 Å². The molecule has 0 saturated heterocycles. The molecule has 0 radical (unpaired) electrons. The molecule has 0 atom stereocenters. The minimum atomic E-state index is -0.627. The zero-order valence-corrected chi connectivity index (χ0v) is 26.3. The van der Waals surface area contributed by atoms with Gasteiger partial charge >= 0.3 is 0 Å². The van der Waals surface area contributed by atoms with Crippen LogP contribution in [0.15, 0.2) is 121 Å². The molecule has 0 aliphatic heterocycles. The highest BCUT2D eigenvalue weighted by Crippen LogP contribution is 2.41. The highest BCUT2D eigenvalue weighted by atomic mass is 31.1. The second kappa shape index (κ2) is 14.4. The molecule has 6 heteroatoms. The largest absolute Gasteiger partial charge is 0.497 e. The summed E-state index contributed by atoms with van der Waals surface area (Å²) in [5, 5.41) is 5.28. The highest BCUT2D eigenvalue weighted by molar-refractivity contribution is 7.72. The molecule has 0 heterocycles. The molecule has 0 aliphatic carbocycles. The summed E-state index contributed by atoms with van der Waals surface area (Å²) in [6.45, 7) is 0. The lowest BCUT2D eigenvalue weighted by Gasteiger charge is -2.22. The molecular formula is C36H36O4P2. The van der Waals surface area contributed by atoms with Crippen LogP contribution < -0.4 is 40.2 Å². The smallest absolute Gasteiger partial charge is 0.118 e. The van der Waals surface area contributed by atoms with Gasteiger partial charge in [-0.1, -0.05) is 72.8 Å². The minimum Gasteiger partial charge on any atom is -0.497 e. The maximum Gasteiger partial charge on any atom is 0.118 e. The molecule has 0 aliphatic rings. The third-order valence-corrected chi connectivity index (χ3v) is 12.3. The van der Waals surface area contributed by atoms with Crippen molar-refractivity contribution in [3.05, 3.63) is 132 Å². The number of benzene rings is 5. The first kappa shape index (κ1) is 29.6. The van der Waals surface area contributed by atoms with Crippen molar-refractivity contribution in [1.82, 2.24) is 0 Å². The van der Waals surface area contributed by atoms with E-state index in [0.717, 1.165) is 35.3 Å². The van der Waals surface area contributed by atoms with E-state index in [-0.39, 0.29) is 0 Å².